The molecule has 3 aromatic rings. The third-order valence-electron chi connectivity index (χ3n) is 4.71. The van der Waals surface area contributed by atoms with Crippen molar-refractivity contribution in [2.75, 3.05) is 13.1 Å². The smallest absolute Gasteiger partial charge is 0.0702 e. The van der Waals surface area contributed by atoms with Crippen LogP contribution in [0.3, 0.4) is 0 Å². The fraction of sp³-hybridized carbons (Fsp3) is 0.368. The van der Waals surface area contributed by atoms with Gasteiger partial charge >= 0.3 is 0 Å². The van der Waals surface area contributed by atoms with Crippen molar-refractivity contribution < 1.29 is 0 Å². The van der Waals surface area contributed by atoms with Crippen LogP contribution in [0.4, 0.5) is 0 Å². The molecule has 1 aromatic carbocycles. The Kier molecular flexibility index (Phi) is 3.83. The quantitative estimate of drug-likeness (QED) is 0.743. The first kappa shape index (κ1) is 14.4. The van der Waals surface area contributed by atoms with Crippen molar-refractivity contribution in [3.05, 3.63) is 60.0 Å². The van der Waals surface area contributed by atoms with Crippen LogP contribution in [0.15, 0.2) is 48.9 Å². The third-order valence-corrected chi connectivity index (χ3v) is 4.71. The molecule has 23 heavy (non-hydrogen) atoms. The lowest BCUT2D eigenvalue weighted by Gasteiger charge is -2.15. The molecular weight excluding hydrogens is 284 g/mol. The van der Waals surface area contributed by atoms with Gasteiger partial charge in [0, 0.05) is 43.5 Å². The van der Waals surface area contributed by atoms with E-state index in [1.165, 1.54) is 36.0 Å². The number of benzene rings is 1. The van der Waals surface area contributed by atoms with Crippen molar-refractivity contribution >= 4 is 10.9 Å². The van der Waals surface area contributed by atoms with E-state index < -0.39 is 0 Å². The fourth-order valence-corrected chi connectivity index (χ4v) is 3.60. The zero-order valence-electron chi connectivity index (χ0n) is 13.5. The second kappa shape index (κ2) is 6.13. The van der Waals surface area contributed by atoms with Crippen LogP contribution in [0.2, 0.25) is 0 Å². The zero-order chi connectivity index (χ0) is 15.6. The first-order valence-corrected chi connectivity index (χ1v) is 8.30. The van der Waals surface area contributed by atoms with Gasteiger partial charge in [-0.1, -0.05) is 18.2 Å². The van der Waals surface area contributed by atoms with E-state index in [0.717, 1.165) is 24.4 Å². The minimum absolute atomic E-state index is 0.731. The van der Waals surface area contributed by atoms with Gasteiger partial charge in [-0.3, -0.25) is 14.6 Å². The number of hydrogen-bond donors (Lipinski definition) is 0. The molecule has 118 valence electrons. The van der Waals surface area contributed by atoms with Gasteiger partial charge in [0.15, 0.2) is 0 Å². The largest absolute Gasteiger partial charge is 0.299 e. The Balaban J connectivity index is 1.39. The van der Waals surface area contributed by atoms with Gasteiger partial charge in [0.05, 0.1) is 11.7 Å². The summed E-state index contributed by atoms with van der Waals surface area (Å²) in [6, 6.07) is 10.6. The maximum absolute atomic E-state index is 4.59. The van der Waals surface area contributed by atoms with Crippen LogP contribution in [0.1, 0.15) is 17.5 Å². The highest BCUT2D eigenvalue weighted by molar-refractivity contribution is 5.78. The molecule has 1 saturated heterocycles. The van der Waals surface area contributed by atoms with E-state index in [-0.39, 0.29) is 0 Å². The molecule has 4 nitrogen and oxygen atoms in total. The average molecular weight is 306 g/mol. The molecule has 1 fully saturated rings. The molecule has 4 rings (SSSR count). The summed E-state index contributed by atoms with van der Waals surface area (Å²) >= 11 is 0. The molecule has 0 spiro atoms. The number of rotatable bonds is 4. The van der Waals surface area contributed by atoms with E-state index in [4.69, 9.17) is 0 Å². The van der Waals surface area contributed by atoms with Crippen LogP contribution in [0.25, 0.3) is 10.9 Å². The monoisotopic (exact) mass is 306 g/mol. The van der Waals surface area contributed by atoms with Crippen molar-refractivity contribution in [3.63, 3.8) is 0 Å². The van der Waals surface area contributed by atoms with E-state index >= 15 is 0 Å². The average Bonchev–Trinajstić information content (AvgIpc) is 3.17. The second-order valence-electron chi connectivity index (χ2n) is 6.65. The molecule has 0 bridgehead atoms. The van der Waals surface area contributed by atoms with E-state index in [0.29, 0.717) is 0 Å². The normalized spacial score (nSPS) is 18.7. The minimum atomic E-state index is 0.731. The topological polar surface area (TPSA) is 34.0 Å². The lowest BCUT2D eigenvalue weighted by molar-refractivity contribution is 0.316. The first-order chi connectivity index (χ1) is 11.3. The predicted octanol–water partition coefficient (Wildman–Crippen LogP) is 3.03. The molecule has 4 heteroatoms. The van der Waals surface area contributed by atoms with Gasteiger partial charge in [-0.25, -0.2) is 0 Å². The summed E-state index contributed by atoms with van der Waals surface area (Å²) in [5.74, 6) is 0.731. The van der Waals surface area contributed by atoms with Crippen LogP contribution in [0.5, 0.6) is 0 Å². The molecule has 0 aliphatic carbocycles. The number of pyridine rings is 1. The van der Waals surface area contributed by atoms with E-state index in [2.05, 4.69) is 45.4 Å². The van der Waals surface area contributed by atoms with Crippen LogP contribution in [-0.2, 0) is 20.0 Å². The molecule has 0 amide bonds. The Morgan fingerprint density at radius 1 is 1.17 bits per heavy atom. The van der Waals surface area contributed by atoms with E-state index in [9.17, 15) is 0 Å². The Morgan fingerprint density at radius 3 is 2.96 bits per heavy atom. The van der Waals surface area contributed by atoms with Crippen molar-refractivity contribution in [2.24, 2.45) is 13.0 Å². The number of nitrogens with zero attached hydrogens (tertiary/aromatic N) is 4. The highest BCUT2D eigenvalue weighted by Crippen LogP contribution is 2.23. The van der Waals surface area contributed by atoms with Crippen molar-refractivity contribution in [1.82, 2.24) is 19.7 Å². The summed E-state index contributed by atoms with van der Waals surface area (Å²) in [6.07, 6.45) is 8.53. The summed E-state index contributed by atoms with van der Waals surface area (Å²) in [6.45, 7) is 3.36. The van der Waals surface area contributed by atoms with Gasteiger partial charge in [-0.05, 0) is 43.0 Å². The van der Waals surface area contributed by atoms with Gasteiger partial charge in [0.1, 0.15) is 0 Å². The van der Waals surface area contributed by atoms with Crippen LogP contribution >= 0.6 is 0 Å². The maximum atomic E-state index is 4.59. The fourth-order valence-electron chi connectivity index (χ4n) is 3.60. The Labute approximate surface area is 136 Å². The maximum Gasteiger partial charge on any atom is 0.0702 e. The van der Waals surface area contributed by atoms with Gasteiger partial charge in [-0.15, -0.1) is 0 Å². The predicted molar refractivity (Wildman–Crippen MR) is 92.0 cm³/mol. The van der Waals surface area contributed by atoms with Crippen molar-refractivity contribution in [2.45, 2.75) is 19.4 Å². The highest BCUT2D eigenvalue weighted by atomic mass is 15.2. The van der Waals surface area contributed by atoms with Gasteiger partial charge < -0.3 is 0 Å². The lowest BCUT2D eigenvalue weighted by Crippen LogP contribution is -2.20. The summed E-state index contributed by atoms with van der Waals surface area (Å²) in [5.41, 5.74) is 3.75. The van der Waals surface area contributed by atoms with Crippen LogP contribution < -0.4 is 0 Å². The summed E-state index contributed by atoms with van der Waals surface area (Å²) in [7, 11) is 1.98. The Morgan fingerprint density at radius 2 is 2.09 bits per heavy atom. The van der Waals surface area contributed by atoms with Gasteiger partial charge in [-0.2, -0.15) is 5.10 Å². The van der Waals surface area contributed by atoms with Crippen molar-refractivity contribution in [1.29, 1.82) is 0 Å². The number of likely N-dealkylation sites (tertiary alicyclic amines) is 1. The molecular formula is C19H22N4. The second-order valence-corrected chi connectivity index (χ2v) is 6.65. The molecule has 2 aromatic heterocycles. The van der Waals surface area contributed by atoms with E-state index in [1.807, 2.05) is 30.2 Å². The molecule has 1 atom stereocenters. The van der Waals surface area contributed by atoms with Crippen LogP contribution in [-0.4, -0.2) is 32.8 Å². The van der Waals surface area contributed by atoms with Crippen molar-refractivity contribution in [3.8, 4) is 0 Å². The zero-order valence-corrected chi connectivity index (χ0v) is 13.5. The summed E-state index contributed by atoms with van der Waals surface area (Å²) in [4.78, 5) is 7.13. The minimum Gasteiger partial charge on any atom is -0.299 e. The first-order valence-electron chi connectivity index (χ1n) is 8.30. The Hall–Kier alpha value is -2.20. The molecule has 3 heterocycles. The number of fused-ring (bicyclic) bond motifs is 1. The van der Waals surface area contributed by atoms with Gasteiger partial charge in [0.2, 0.25) is 0 Å². The number of aryl methyl sites for hydroxylation is 1. The molecule has 0 radical (unpaired) electrons. The standard InChI is InChI=1S/C19H22N4/c1-22-12-17(11-21-22)14-23-7-6-15(13-23)8-16-9-18-4-2-3-5-19(18)20-10-16/h2-5,9-12,15H,6-8,13-14H2,1H3/t15-/m0/s1. The summed E-state index contributed by atoms with van der Waals surface area (Å²) in [5, 5.41) is 5.50. The Bertz CT molecular complexity index is 808. The molecule has 0 N–H and O–H groups in total. The van der Waals surface area contributed by atoms with E-state index in [1.54, 1.807) is 0 Å². The number of hydrogen-bond acceptors (Lipinski definition) is 3. The van der Waals surface area contributed by atoms with Gasteiger partial charge in [0.25, 0.3) is 0 Å². The summed E-state index contributed by atoms with van der Waals surface area (Å²) < 4.78 is 1.88. The molecule has 1 aliphatic heterocycles. The number of para-hydroxylation sites is 1. The number of aromatic nitrogens is 3. The molecule has 1 aliphatic rings. The third kappa shape index (κ3) is 3.27. The van der Waals surface area contributed by atoms with Crippen LogP contribution in [0, 0.1) is 5.92 Å². The molecule has 0 saturated carbocycles. The highest BCUT2D eigenvalue weighted by Gasteiger charge is 2.23. The molecule has 0 unspecified atom stereocenters. The lowest BCUT2D eigenvalue weighted by atomic mass is 9.99. The SMILES string of the molecule is Cn1cc(CN2CC[C@@H](Cc3cnc4ccccc4c3)C2)cn1.